The number of fused-ring (bicyclic) bond motifs is 1. The Bertz CT molecular complexity index is 1250. The molecule has 0 radical (unpaired) electrons. The van der Waals surface area contributed by atoms with Gasteiger partial charge in [-0.15, -0.1) is 0 Å². The lowest BCUT2D eigenvalue weighted by Crippen LogP contribution is -2.04. The number of hydrogen-bond acceptors (Lipinski definition) is 8. The Morgan fingerprint density at radius 1 is 1.06 bits per heavy atom. The topological polar surface area (TPSA) is 95.5 Å². The molecule has 9 heteroatoms. The first-order chi connectivity index (χ1) is 15.0. The van der Waals surface area contributed by atoms with Gasteiger partial charge in [0.1, 0.15) is 23.6 Å². The summed E-state index contributed by atoms with van der Waals surface area (Å²) >= 11 is 6.39. The van der Waals surface area contributed by atoms with Crippen LogP contribution in [0.2, 0.25) is 5.02 Å². The molecule has 0 amide bonds. The van der Waals surface area contributed by atoms with Gasteiger partial charge in [-0.3, -0.25) is 9.78 Å². The third kappa shape index (κ3) is 4.65. The molecule has 0 spiro atoms. The van der Waals surface area contributed by atoms with E-state index in [0.717, 1.165) is 0 Å². The van der Waals surface area contributed by atoms with Gasteiger partial charge in [-0.25, -0.2) is 9.97 Å². The summed E-state index contributed by atoms with van der Waals surface area (Å²) in [4.78, 5) is 24.0. The molecule has 2 aromatic heterocycles. The van der Waals surface area contributed by atoms with E-state index < -0.39 is 5.97 Å². The summed E-state index contributed by atoms with van der Waals surface area (Å²) in [6, 6.07) is 12.2. The molecule has 0 fully saturated rings. The maximum atomic E-state index is 11.4. The fourth-order valence-electron chi connectivity index (χ4n) is 2.89. The molecule has 31 heavy (non-hydrogen) atoms. The first-order valence-electron chi connectivity index (χ1n) is 9.19. The Balaban J connectivity index is 1.65. The number of ether oxygens (including phenoxy) is 3. The average molecular weight is 437 g/mol. The molecule has 0 atom stereocenters. The maximum Gasteiger partial charge on any atom is 0.308 e. The highest BCUT2D eigenvalue weighted by Gasteiger charge is 2.14. The van der Waals surface area contributed by atoms with E-state index in [2.05, 4.69) is 20.3 Å². The highest BCUT2D eigenvalue weighted by Crippen LogP contribution is 2.36. The van der Waals surface area contributed by atoms with E-state index in [4.69, 9.17) is 25.8 Å². The van der Waals surface area contributed by atoms with E-state index in [9.17, 15) is 4.79 Å². The lowest BCUT2D eigenvalue weighted by atomic mass is 10.2. The van der Waals surface area contributed by atoms with Gasteiger partial charge in [-0.05, 0) is 36.4 Å². The van der Waals surface area contributed by atoms with Crippen molar-refractivity contribution in [1.82, 2.24) is 15.0 Å². The van der Waals surface area contributed by atoms with Gasteiger partial charge in [0.05, 0.1) is 23.8 Å². The number of halogens is 1. The average Bonchev–Trinajstić information content (AvgIpc) is 2.76. The van der Waals surface area contributed by atoms with Crippen molar-refractivity contribution in [2.24, 2.45) is 0 Å². The summed E-state index contributed by atoms with van der Waals surface area (Å²) in [5, 5.41) is 4.27. The van der Waals surface area contributed by atoms with E-state index in [0.29, 0.717) is 44.7 Å². The van der Waals surface area contributed by atoms with Crippen LogP contribution in [0.5, 0.6) is 23.0 Å². The summed E-state index contributed by atoms with van der Waals surface area (Å²) in [6.45, 7) is 1.32. The van der Waals surface area contributed by atoms with Crippen LogP contribution in [0.4, 0.5) is 11.5 Å². The van der Waals surface area contributed by atoms with Gasteiger partial charge in [0.15, 0.2) is 11.5 Å². The molecule has 0 saturated heterocycles. The number of nitrogens with one attached hydrogen (secondary N) is 1. The Hall–Kier alpha value is -3.91. The Labute approximate surface area is 182 Å². The second kappa shape index (κ2) is 8.85. The number of esters is 1. The number of pyridine rings is 1. The molecule has 4 rings (SSSR count). The number of nitrogens with zero attached hydrogens (tertiary/aromatic N) is 3. The van der Waals surface area contributed by atoms with Gasteiger partial charge in [0.25, 0.3) is 0 Å². The molecule has 0 aliphatic carbocycles. The number of rotatable bonds is 6. The third-order valence-electron chi connectivity index (χ3n) is 4.23. The van der Waals surface area contributed by atoms with Crippen LogP contribution >= 0.6 is 11.6 Å². The van der Waals surface area contributed by atoms with Crippen LogP contribution in [0.3, 0.4) is 0 Å². The van der Waals surface area contributed by atoms with Crippen LogP contribution in [0.1, 0.15) is 6.92 Å². The summed E-state index contributed by atoms with van der Waals surface area (Å²) in [6.07, 6.45) is 4.69. The van der Waals surface area contributed by atoms with Crippen LogP contribution in [0, 0.1) is 0 Å². The van der Waals surface area contributed by atoms with Crippen molar-refractivity contribution >= 4 is 40.0 Å². The number of benzene rings is 2. The molecule has 4 aromatic rings. The SMILES string of the molecule is COc1cc2ncnc(Nc3ccc(Oc4cccnc4)c(Cl)c3)c2cc1OC(C)=O. The Morgan fingerprint density at radius 3 is 2.65 bits per heavy atom. The highest BCUT2D eigenvalue weighted by atomic mass is 35.5. The molecule has 2 heterocycles. The fraction of sp³-hybridized carbons (Fsp3) is 0.0909. The number of hydrogen-bond donors (Lipinski definition) is 1. The van der Waals surface area contributed by atoms with E-state index in [1.54, 1.807) is 48.8 Å². The van der Waals surface area contributed by atoms with Crippen LogP contribution < -0.4 is 19.5 Å². The van der Waals surface area contributed by atoms with Gasteiger partial charge in [0, 0.05) is 30.3 Å². The molecule has 1 N–H and O–H groups in total. The summed E-state index contributed by atoms with van der Waals surface area (Å²) in [5.41, 5.74) is 1.31. The molecule has 0 bridgehead atoms. The molecule has 156 valence electrons. The van der Waals surface area contributed by atoms with Crippen molar-refractivity contribution < 1.29 is 19.0 Å². The second-order valence-electron chi connectivity index (χ2n) is 6.40. The molecular formula is C22H17ClN4O4. The van der Waals surface area contributed by atoms with Gasteiger partial charge in [-0.2, -0.15) is 0 Å². The minimum Gasteiger partial charge on any atom is -0.493 e. The predicted molar refractivity (Wildman–Crippen MR) is 116 cm³/mol. The molecule has 2 aromatic carbocycles. The molecule has 0 unspecified atom stereocenters. The van der Waals surface area contributed by atoms with Crippen molar-refractivity contribution in [3.8, 4) is 23.0 Å². The van der Waals surface area contributed by atoms with E-state index in [1.165, 1.54) is 20.4 Å². The fourth-order valence-corrected chi connectivity index (χ4v) is 3.11. The monoisotopic (exact) mass is 436 g/mol. The van der Waals surface area contributed by atoms with Crippen molar-refractivity contribution in [2.75, 3.05) is 12.4 Å². The zero-order valence-corrected chi connectivity index (χ0v) is 17.4. The van der Waals surface area contributed by atoms with Crippen molar-refractivity contribution in [3.05, 3.63) is 66.2 Å². The number of carbonyl (C=O) groups is 1. The van der Waals surface area contributed by atoms with E-state index >= 15 is 0 Å². The smallest absolute Gasteiger partial charge is 0.308 e. The molecule has 0 aliphatic heterocycles. The van der Waals surface area contributed by atoms with Crippen LogP contribution in [-0.4, -0.2) is 28.0 Å². The first kappa shape index (κ1) is 20.4. The van der Waals surface area contributed by atoms with E-state index in [1.807, 2.05) is 6.07 Å². The summed E-state index contributed by atoms with van der Waals surface area (Å²) in [7, 11) is 1.49. The molecule has 0 aliphatic rings. The second-order valence-corrected chi connectivity index (χ2v) is 6.80. The predicted octanol–water partition coefficient (Wildman–Crippen LogP) is 5.15. The van der Waals surface area contributed by atoms with Gasteiger partial charge < -0.3 is 19.5 Å². The lowest BCUT2D eigenvalue weighted by molar-refractivity contribution is -0.132. The van der Waals surface area contributed by atoms with Crippen molar-refractivity contribution in [1.29, 1.82) is 0 Å². The Morgan fingerprint density at radius 2 is 1.94 bits per heavy atom. The van der Waals surface area contributed by atoms with Crippen LogP contribution in [0.15, 0.2) is 61.2 Å². The largest absolute Gasteiger partial charge is 0.493 e. The van der Waals surface area contributed by atoms with Crippen molar-refractivity contribution in [3.63, 3.8) is 0 Å². The highest BCUT2D eigenvalue weighted by molar-refractivity contribution is 6.32. The Kier molecular flexibility index (Phi) is 5.81. The molecule has 0 saturated carbocycles. The summed E-state index contributed by atoms with van der Waals surface area (Å²) in [5.74, 6) is 1.80. The number of anilines is 2. The minimum absolute atomic E-state index is 0.276. The normalized spacial score (nSPS) is 10.5. The maximum absolute atomic E-state index is 11.4. The number of methoxy groups -OCH3 is 1. The van der Waals surface area contributed by atoms with Gasteiger partial charge >= 0.3 is 5.97 Å². The van der Waals surface area contributed by atoms with E-state index in [-0.39, 0.29) is 5.75 Å². The first-order valence-corrected chi connectivity index (χ1v) is 9.57. The molecule has 8 nitrogen and oxygen atoms in total. The van der Waals surface area contributed by atoms with Gasteiger partial charge in [-0.1, -0.05) is 11.6 Å². The zero-order valence-electron chi connectivity index (χ0n) is 16.6. The zero-order chi connectivity index (χ0) is 21.8. The minimum atomic E-state index is -0.458. The standard InChI is InChI=1S/C22H17ClN4O4/c1-13(28)30-21-9-16-18(10-20(21)29-2)25-12-26-22(16)27-14-5-6-19(17(23)8-14)31-15-4-3-7-24-11-15/h3-12H,1-2H3,(H,25,26,27). The summed E-state index contributed by atoms with van der Waals surface area (Å²) < 4.78 is 16.3. The van der Waals surface area contributed by atoms with Crippen molar-refractivity contribution in [2.45, 2.75) is 6.92 Å². The number of aromatic nitrogens is 3. The van der Waals surface area contributed by atoms with Gasteiger partial charge in [0.2, 0.25) is 0 Å². The number of carbonyl (C=O) groups excluding carboxylic acids is 1. The van der Waals surface area contributed by atoms with Crippen LogP contribution in [-0.2, 0) is 4.79 Å². The molecular weight excluding hydrogens is 420 g/mol. The van der Waals surface area contributed by atoms with Crippen LogP contribution in [0.25, 0.3) is 10.9 Å². The third-order valence-corrected chi connectivity index (χ3v) is 4.53. The quantitative estimate of drug-likeness (QED) is 0.327. The lowest BCUT2D eigenvalue weighted by Gasteiger charge is -2.13.